The molecule has 6 nitrogen and oxygen atoms in total. The first-order valence-electron chi connectivity index (χ1n) is 6.64. The van der Waals surface area contributed by atoms with Gasteiger partial charge in [0.1, 0.15) is 16.7 Å². The third-order valence-corrected chi connectivity index (χ3v) is 3.61. The number of H-pyrrole nitrogens is 1. The number of nitrogens with zero attached hydrogens (tertiary/aromatic N) is 3. The molecule has 0 atom stereocenters. The highest BCUT2D eigenvalue weighted by Crippen LogP contribution is 2.16. The maximum absolute atomic E-state index is 13.1. The number of fused-ring (bicyclic) bond motifs is 1. The van der Waals surface area contributed by atoms with E-state index in [0.717, 1.165) is 5.82 Å². The quantitative estimate of drug-likeness (QED) is 0.771. The molecule has 22 heavy (non-hydrogen) atoms. The SMILES string of the molecule is Cn1ncc(NCCc2nc3ccc(F)cc3[nH]2)c(Cl)c1=O. The monoisotopic (exact) mass is 321 g/mol. The summed E-state index contributed by atoms with van der Waals surface area (Å²) in [4.78, 5) is 19.1. The van der Waals surface area contributed by atoms with Crippen molar-refractivity contribution < 1.29 is 4.39 Å². The Morgan fingerprint density at radius 3 is 3.09 bits per heavy atom. The molecule has 0 aliphatic rings. The van der Waals surface area contributed by atoms with E-state index >= 15 is 0 Å². The zero-order valence-corrected chi connectivity index (χ0v) is 12.5. The fourth-order valence-corrected chi connectivity index (χ4v) is 2.34. The Labute approximate surface area is 129 Å². The molecule has 0 aliphatic carbocycles. The second-order valence-electron chi connectivity index (χ2n) is 4.82. The Bertz CT molecular complexity index is 889. The van der Waals surface area contributed by atoms with Gasteiger partial charge in [-0.1, -0.05) is 11.6 Å². The molecule has 114 valence electrons. The van der Waals surface area contributed by atoms with Crippen molar-refractivity contribution in [1.82, 2.24) is 19.7 Å². The minimum absolute atomic E-state index is 0.101. The first-order chi connectivity index (χ1) is 10.5. The van der Waals surface area contributed by atoms with Gasteiger partial charge in [0, 0.05) is 20.0 Å². The Morgan fingerprint density at radius 2 is 2.27 bits per heavy atom. The van der Waals surface area contributed by atoms with E-state index in [2.05, 4.69) is 20.4 Å². The van der Waals surface area contributed by atoms with Gasteiger partial charge in [0.2, 0.25) is 0 Å². The predicted molar refractivity (Wildman–Crippen MR) is 82.7 cm³/mol. The molecule has 1 aromatic carbocycles. The van der Waals surface area contributed by atoms with Crippen molar-refractivity contribution in [3.05, 3.63) is 51.4 Å². The summed E-state index contributed by atoms with van der Waals surface area (Å²) in [6.45, 7) is 0.511. The number of anilines is 1. The van der Waals surface area contributed by atoms with Gasteiger partial charge in [-0.3, -0.25) is 4.79 Å². The average Bonchev–Trinajstić information content (AvgIpc) is 2.89. The van der Waals surface area contributed by atoms with Crippen molar-refractivity contribution in [3.63, 3.8) is 0 Å². The lowest BCUT2D eigenvalue weighted by atomic mass is 10.3. The largest absolute Gasteiger partial charge is 0.382 e. The van der Waals surface area contributed by atoms with Gasteiger partial charge < -0.3 is 10.3 Å². The number of halogens is 2. The Hall–Kier alpha value is -2.41. The normalized spacial score (nSPS) is 11.0. The molecule has 8 heteroatoms. The molecular weight excluding hydrogens is 309 g/mol. The maximum Gasteiger partial charge on any atom is 0.287 e. The molecular formula is C14H13ClFN5O. The third-order valence-electron chi connectivity index (χ3n) is 3.25. The molecule has 3 aromatic rings. The molecule has 2 heterocycles. The van der Waals surface area contributed by atoms with Crippen molar-refractivity contribution in [3.8, 4) is 0 Å². The fraction of sp³-hybridized carbons (Fsp3) is 0.214. The van der Waals surface area contributed by atoms with Crippen LogP contribution in [-0.2, 0) is 13.5 Å². The van der Waals surface area contributed by atoms with Gasteiger partial charge in [-0.15, -0.1) is 0 Å². The first kappa shape index (κ1) is 14.5. The molecule has 3 rings (SSSR count). The number of imidazole rings is 1. The van der Waals surface area contributed by atoms with Crippen molar-refractivity contribution in [1.29, 1.82) is 0 Å². The highest BCUT2D eigenvalue weighted by Gasteiger charge is 2.08. The van der Waals surface area contributed by atoms with Crippen LogP contribution >= 0.6 is 11.6 Å². The van der Waals surface area contributed by atoms with Crippen molar-refractivity contribution >= 4 is 28.3 Å². The van der Waals surface area contributed by atoms with E-state index in [4.69, 9.17) is 11.6 Å². The van der Waals surface area contributed by atoms with Crippen LogP contribution < -0.4 is 10.9 Å². The van der Waals surface area contributed by atoms with Crippen LogP contribution in [0.3, 0.4) is 0 Å². The van der Waals surface area contributed by atoms with Gasteiger partial charge in [0.05, 0.1) is 22.9 Å². The number of rotatable bonds is 4. The number of aromatic nitrogens is 4. The second-order valence-corrected chi connectivity index (χ2v) is 5.20. The fourth-order valence-electron chi connectivity index (χ4n) is 2.10. The zero-order valence-electron chi connectivity index (χ0n) is 11.7. The maximum atomic E-state index is 13.1. The highest BCUT2D eigenvalue weighted by molar-refractivity contribution is 6.32. The Kier molecular flexibility index (Phi) is 3.81. The van der Waals surface area contributed by atoms with Crippen LogP contribution in [0.15, 0.2) is 29.2 Å². The van der Waals surface area contributed by atoms with Crippen LogP contribution in [0.25, 0.3) is 11.0 Å². The summed E-state index contributed by atoms with van der Waals surface area (Å²) in [5.74, 6) is 0.417. The molecule has 0 bridgehead atoms. The molecule has 0 fully saturated rings. The summed E-state index contributed by atoms with van der Waals surface area (Å²) in [7, 11) is 1.53. The summed E-state index contributed by atoms with van der Waals surface area (Å²) in [5, 5.41) is 7.05. The number of hydrogen-bond donors (Lipinski definition) is 2. The Balaban J connectivity index is 1.70. The van der Waals surface area contributed by atoms with Crippen LogP contribution in [0.5, 0.6) is 0 Å². The van der Waals surface area contributed by atoms with Crippen molar-refractivity contribution in [2.24, 2.45) is 7.05 Å². The predicted octanol–water partition coefficient (Wildman–Crippen LogP) is 2.10. The number of nitrogens with one attached hydrogen (secondary N) is 2. The van der Waals surface area contributed by atoms with E-state index in [-0.39, 0.29) is 16.4 Å². The van der Waals surface area contributed by atoms with E-state index in [1.54, 1.807) is 6.07 Å². The summed E-state index contributed by atoms with van der Waals surface area (Å²) in [5.41, 5.74) is 1.49. The third kappa shape index (κ3) is 2.80. The highest BCUT2D eigenvalue weighted by atomic mass is 35.5. The molecule has 0 unspecified atom stereocenters. The number of aryl methyl sites for hydroxylation is 1. The summed E-state index contributed by atoms with van der Waals surface area (Å²) in [6, 6.07) is 4.40. The van der Waals surface area contributed by atoms with Crippen LogP contribution in [-0.4, -0.2) is 26.3 Å². The molecule has 2 aromatic heterocycles. The number of benzene rings is 1. The first-order valence-corrected chi connectivity index (χ1v) is 7.02. The van der Waals surface area contributed by atoms with E-state index in [1.807, 2.05) is 0 Å². The van der Waals surface area contributed by atoms with E-state index in [1.165, 1.54) is 30.1 Å². The molecule has 0 saturated heterocycles. The van der Waals surface area contributed by atoms with Crippen LogP contribution in [0.2, 0.25) is 5.02 Å². The van der Waals surface area contributed by atoms with Crippen LogP contribution in [0.1, 0.15) is 5.82 Å². The van der Waals surface area contributed by atoms with Gasteiger partial charge >= 0.3 is 0 Å². The molecule has 0 spiro atoms. The number of aromatic amines is 1. The van der Waals surface area contributed by atoms with Crippen LogP contribution in [0, 0.1) is 5.82 Å². The minimum atomic E-state index is -0.356. The number of hydrogen-bond acceptors (Lipinski definition) is 4. The van der Waals surface area contributed by atoms with E-state index in [9.17, 15) is 9.18 Å². The van der Waals surface area contributed by atoms with Crippen molar-refractivity contribution in [2.45, 2.75) is 6.42 Å². The van der Waals surface area contributed by atoms with Gasteiger partial charge in [-0.2, -0.15) is 5.10 Å². The summed E-state index contributed by atoms with van der Waals surface area (Å²) >= 11 is 5.96. The molecule has 0 radical (unpaired) electrons. The topological polar surface area (TPSA) is 75.6 Å². The van der Waals surface area contributed by atoms with E-state index < -0.39 is 0 Å². The summed E-state index contributed by atoms with van der Waals surface area (Å²) < 4.78 is 14.3. The molecule has 0 amide bonds. The van der Waals surface area contributed by atoms with Gasteiger partial charge in [-0.25, -0.2) is 14.1 Å². The van der Waals surface area contributed by atoms with E-state index in [0.29, 0.717) is 29.7 Å². The summed E-state index contributed by atoms with van der Waals surface area (Å²) in [6.07, 6.45) is 2.07. The van der Waals surface area contributed by atoms with Crippen molar-refractivity contribution in [2.75, 3.05) is 11.9 Å². The lowest BCUT2D eigenvalue weighted by molar-refractivity contribution is 0.629. The second kappa shape index (κ2) is 5.76. The smallest absolute Gasteiger partial charge is 0.287 e. The average molecular weight is 322 g/mol. The standard InChI is InChI=1S/C14H13ClFN5O/c1-21-14(22)13(15)11(7-18-21)17-5-4-12-19-9-3-2-8(16)6-10(9)20-12/h2-3,6-7,17H,4-5H2,1H3,(H,19,20). The lowest BCUT2D eigenvalue weighted by Crippen LogP contribution is -2.21. The minimum Gasteiger partial charge on any atom is -0.382 e. The molecule has 0 aliphatic heterocycles. The molecule has 0 saturated carbocycles. The van der Waals surface area contributed by atoms with Crippen LogP contribution in [0.4, 0.5) is 10.1 Å². The zero-order chi connectivity index (χ0) is 15.7. The van der Waals surface area contributed by atoms with Gasteiger partial charge in [-0.05, 0) is 18.2 Å². The Morgan fingerprint density at radius 1 is 1.45 bits per heavy atom. The van der Waals surface area contributed by atoms with Gasteiger partial charge in [0.15, 0.2) is 0 Å². The van der Waals surface area contributed by atoms with Gasteiger partial charge in [0.25, 0.3) is 5.56 Å². The lowest BCUT2D eigenvalue weighted by Gasteiger charge is -2.07. The molecule has 2 N–H and O–H groups in total.